The van der Waals surface area contributed by atoms with E-state index in [0.717, 1.165) is 22.1 Å². The van der Waals surface area contributed by atoms with Gasteiger partial charge in [-0.2, -0.15) is 0 Å². The van der Waals surface area contributed by atoms with Crippen molar-refractivity contribution in [1.82, 2.24) is 24.5 Å². The molecule has 0 N–H and O–H groups in total. The average Bonchev–Trinajstić information content (AvgIpc) is 3.21. The number of aromatic nitrogens is 5. The topological polar surface area (TPSA) is 82.8 Å². The fourth-order valence-electron chi connectivity index (χ4n) is 3.40. The Hall–Kier alpha value is -3.10. The zero-order valence-corrected chi connectivity index (χ0v) is 20.7. The number of pyridine rings is 2. The second kappa shape index (κ2) is 9.41. The molecular weight excluding hydrogens is 458 g/mol. The third kappa shape index (κ3) is 4.82. The highest BCUT2D eigenvalue weighted by Gasteiger charge is 2.17. The summed E-state index contributed by atoms with van der Waals surface area (Å²) in [6.07, 6.45) is 3.46. The van der Waals surface area contributed by atoms with Gasteiger partial charge in [-0.3, -0.25) is 14.3 Å². The molecule has 9 heteroatoms. The highest BCUT2D eigenvalue weighted by Crippen LogP contribution is 2.27. The lowest BCUT2D eigenvalue weighted by molar-refractivity contribution is 0.301. The van der Waals surface area contributed by atoms with Gasteiger partial charge in [0.05, 0.1) is 27.8 Å². The number of aryl methyl sites for hydroxylation is 3. The summed E-state index contributed by atoms with van der Waals surface area (Å²) < 4.78 is 7.39. The predicted molar refractivity (Wildman–Crippen MR) is 131 cm³/mol. The molecule has 0 aliphatic carbocycles. The zero-order valence-electron chi connectivity index (χ0n) is 19.1. The highest BCUT2D eigenvalue weighted by molar-refractivity contribution is 7.09. The Balaban J connectivity index is 1.73. The molecule has 7 nitrogen and oxygen atoms in total. The number of thiazole rings is 1. The molecule has 0 unspecified atom stereocenters. The first-order chi connectivity index (χ1) is 15.7. The smallest absolute Gasteiger partial charge is 0.277 e. The minimum absolute atomic E-state index is 0.0226. The number of halogens is 1. The van der Waals surface area contributed by atoms with Gasteiger partial charge in [-0.1, -0.05) is 25.4 Å². The van der Waals surface area contributed by atoms with Crippen molar-refractivity contribution in [3.63, 3.8) is 0 Å². The van der Waals surface area contributed by atoms with Crippen LogP contribution < -0.4 is 10.3 Å². The minimum atomic E-state index is -0.355. The second-order valence-electron chi connectivity index (χ2n) is 8.06. The van der Waals surface area contributed by atoms with Crippen LogP contribution in [0.15, 0.2) is 40.8 Å². The van der Waals surface area contributed by atoms with Crippen LogP contribution in [0, 0.1) is 20.8 Å². The van der Waals surface area contributed by atoms with Gasteiger partial charge in [0.2, 0.25) is 0 Å². The van der Waals surface area contributed by atoms with Crippen molar-refractivity contribution >= 4 is 22.9 Å². The van der Waals surface area contributed by atoms with Crippen LogP contribution in [0.25, 0.3) is 17.1 Å². The first-order valence-corrected chi connectivity index (χ1v) is 11.8. The fourth-order valence-corrected chi connectivity index (χ4v) is 4.19. The third-order valence-electron chi connectivity index (χ3n) is 5.11. The molecule has 4 heterocycles. The summed E-state index contributed by atoms with van der Waals surface area (Å²) in [5, 5.41) is 2.91. The molecule has 4 aromatic rings. The second-order valence-corrected chi connectivity index (χ2v) is 9.50. The molecule has 0 aromatic carbocycles. The summed E-state index contributed by atoms with van der Waals surface area (Å²) in [6.45, 7) is 10.0. The molecule has 4 aromatic heterocycles. The van der Waals surface area contributed by atoms with Gasteiger partial charge in [0.25, 0.3) is 5.56 Å². The Kier molecular flexibility index (Phi) is 6.58. The van der Waals surface area contributed by atoms with Crippen LogP contribution >= 0.6 is 22.9 Å². The quantitative estimate of drug-likeness (QED) is 0.365. The van der Waals surface area contributed by atoms with Gasteiger partial charge in [0.1, 0.15) is 23.2 Å². The Morgan fingerprint density at radius 2 is 1.91 bits per heavy atom. The van der Waals surface area contributed by atoms with Crippen molar-refractivity contribution in [2.75, 3.05) is 0 Å². The number of nitrogens with zero attached hydrogens (tertiary/aromatic N) is 5. The number of hydrogen-bond donors (Lipinski definition) is 0. The van der Waals surface area contributed by atoms with Crippen LogP contribution in [0.1, 0.15) is 47.5 Å². The first-order valence-electron chi connectivity index (χ1n) is 10.5. The molecule has 0 radical (unpaired) electrons. The molecule has 33 heavy (non-hydrogen) atoms. The Bertz CT molecular complexity index is 1380. The monoisotopic (exact) mass is 481 g/mol. The molecule has 0 saturated heterocycles. The van der Waals surface area contributed by atoms with Crippen molar-refractivity contribution in [2.45, 2.75) is 47.1 Å². The third-order valence-corrected chi connectivity index (χ3v) is 6.28. The summed E-state index contributed by atoms with van der Waals surface area (Å²) >= 11 is 7.99. The lowest BCUT2D eigenvalue weighted by Crippen LogP contribution is -2.22. The normalized spacial score (nSPS) is 11.2. The van der Waals surface area contributed by atoms with E-state index in [9.17, 15) is 4.79 Å². The molecule has 170 valence electrons. The maximum Gasteiger partial charge on any atom is 0.277 e. The van der Waals surface area contributed by atoms with E-state index in [1.807, 2.05) is 52.1 Å². The summed E-state index contributed by atoms with van der Waals surface area (Å²) in [4.78, 5) is 31.1. The highest BCUT2D eigenvalue weighted by atomic mass is 35.5. The summed E-state index contributed by atoms with van der Waals surface area (Å²) in [5.74, 6) is 1.27. The van der Waals surface area contributed by atoms with E-state index >= 15 is 0 Å². The van der Waals surface area contributed by atoms with E-state index in [0.29, 0.717) is 28.5 Å². The van der Waals surface area contributed by atoms with E-state index in [2.05, 4.69) is 19.9 Å². The van der Waals surface area contributed by atoms with Gasteiger partial charge >= 0.3 is 0 Å². The van der Waals surface area contributed by atoms with Crippen LogP contribution in [0.5, 0.6) is 5.75 Å². The maximum absolute atomic E-state index is 13.3. The van der Waals surface area contributed by atoms with Crippen LogP contribution in [-0.4, -0.2) is 24.5 Å². The molecule has 0 spiro atoms. The predicted octanol–water partition coefficient (Wildman–Crippen LogP) is 5.43. The average molecular weight is 482 g/mol. The van der Waals surface area contributed by atoms with Crippen molar-refractivity contribution in [3.8, 4) is 22.8 Å². The van der Waals surface area contributed by atoms with E-state index in [4.69, 9.17) is 16.3 Å². The van der Waals surface area contributed by atoms with Gasteiger partial charge < -0.3 is 4.74 Å². The maximum atomic E-state index is 13.3. The Morgan fingerprint density at radius 3 is 2.61 bits per heavy atom. The van der Waals surface area contributed by atoms with Crippen LogP contribution in [0.3, 0.4) is 0 Å². The summed E-state index contributed by atoms with van der Waals surface area (Å²) in [6, 6.07) is 5.43. The van der Waals surface area contributed by atoms with Gasteiger partial charge in [-0.25, -0.2) is 15.0 Å². The number of hydrogen-bond acceptors (Lipinski definition) is 7. The van der Waals surface area contributed by atoms with Crippen molar-refractivity contribution in [1.29, 1.82) is 0 Å². The first kappa shape index (κ1) is 23.1. The van der Waals surface area contributed by atoms with Crippen LogP contribution in [0.2, 0.25) is 5.02 Å². The molecular formula is C24H24ClN5O2S. The van der Waals surface area contributed by atoms with Crippen molar-refractivity contribution in [3.05, 3.63) is 79.1 Å². The molecule has 0 atom stereocenters. The molecule has 0 saturated carbocycles. The molecule has 0 fully saturated rings. The number of ether oxygens (including phenoxy) is 1. The number of rotatable bonds is 6. The molecule has 0 amide bonds. The van der Waals surface area contributed by atoms with Crippen molar-refractivity contribution < 1.29 is 4.74 Å². The fraction of sp³-hybridized carbons (Fsp3) is 0.292. The zero-order chi connectivity index (χ0) is 23.7. The molecule has 0 bridgehead atoms. The lowest BCUT2D eigenvalue weighted by Gasteiger charge is -2.16. The SMILES string of the molecule is Cc1nc(COc2cc(C)n(-c3cc(-c4ccnc(C(C)C)n4)ncc3C)c(=O)c2Cl)cs1. The lowest BCUT2D eigenvalue weighted by atomic mass is 10.1. The van der Waals surface area contributed by atoms with Crippen LogP contribution in [0.4, 0.5) is 0 Å². The largest absolute Gasteiger partial charge is 0.485 e. The minimum Gasteiger partial charge on any atom is -0.485 e. The summed E-state index contributed by atoms with van der Waals surface area (Å²) in [7, 11) is 0. The van der Waals surface area contributed by atoms with Gasteiger partial charge in [-0.15, -0.1) is 11.3 Å². The molecule has 0 aliphatic rings. The Labute approximate surface area is 201 Å². The van der Waals surface area contributed by atoms with E-state index in [1.54, 1.807) is 34.4 Å². The van der Waals surface area contributed by atoms with Gasteiger partial charge in [0.15, 0.2) is 0 Å². The van der Waals surface area contributed by atoms with Gasteiger partial charge in [-0.05, 0) is 38.5 Å². The van der Waals surface area contributed by atoms with Gasteiger partial charge in [0, 0.05) is 35.5 Å². The molecule has 4 rings (SSSR count). The summed E-state index contributed by atoms with van der Waals surface area (Å²) in [5.41, 5.74) is 4.02. The van der Waals surface area contributed by atoms with Crippen LogP contribution in [-0.2, 0) is 6.61 Å². The van der Waals surface area contributed by atoms with Crippen molar-refractivity contribution in [2.24, 2.45) is 0 Å². The van der Waals surface area contributed by atoms with E-state index in [1.165, 1.54) is 0 Å². The van der Waals surface area contributed by atoms with E-state index < -0.39 is 0 Å². The standard InChI is InChI=1S/C24H24ClN5O2S/c1-13(2)23-26-7-6-18(29-23)19-9-20(14(3)10-27-19)30-15(4)8-21(22(25)24(30)31)32-11-17-12-33-16(5)28-17/h6-10,12-13H,11H2,1-5H3. The van der Waals surface area contributed by atoms with E-state index in [-0.39, 0.29) is 23.1 Å². The molecule has 0 aliphatic heterocycles. The Morgan fingerprint density at radius 1 is 1.12 bits per heavy atom.